The third-order valence-corrected chi connectivity index (χ3v) is 1.92. The molecule has 82 valence electrons. The molecule has 0 spiro atoms. The van der Waals surface area contributed by atoms with Gasteiger partial charge in [0.15, 0.2) is 0 Å². The number of hydrogen-bond acceptors (Lipinski definition) is 4. The van der Waals surface area contributed by atoms with Crippen molar-refractivity contribution in [3.05, 3.63) is 11.8 Å². The minimum Gasteiger partial charge on any atom is -0.389 e. The number of ether oxygens (including phenoxy) is 1. The van der Waals surface area contributed by atoms with E-state index < -0.39 is 0 Å². The van der Waals surface area contributed by atoms with Crippen LogP contribution < -0.4 is 11.1 Å². The van der Waals surface area contributed by atoms with E-state index in [-0.39, 0.29) is 17.3 Å². The van der Waals surface area contributed by atoms with Crippen molar-refractivity contribution in [2.45, 2.75) is 6.42 Å². The lowest BCUT2D eigenvalue weighted by Crippen LogP contribution is -2.17. The Hall–Kier alpha value is -1.47. The van der Waals surface area contributed by atoms with Crippen LogP contribution in [-0.2, 0) is 9.53 Å². The van der Waals surface area contributed by atoms with E-state index >= 15 is 0 Å². The zero-order valence-corrected chi connectivity index (χ0v) is 9.06. The lowest BCUT2D eigenvalue weighted by molar-refractivity contribution is -0.117. The highest BCUT2D eigenvalue weighted by atomic mass is 32.1. The van der Waals surface area contributed by atoms with Crippen molar-refractivity contribution in [1.29, 1.82) is 0 Å². The number of carbonyl (C=O) groups excluding carboxylic acids is 1. The highest BCUT2D eigenvalue weighted by Crippen LogP contribution is 2.10. The number of nitrogens with one attached hydrogen (secondary N) is 2. The zero-order chi connectivity index (χ0) is 11.3. The molecule has 0 saturated carbocycles. The molecule has 15 heavy (non-hydrogen) atoms. The van der Waals surface area contributed by atoms with E-state index in [0.29, 0.717) is 18.0 Å². The summed E-state index contributed by atoms with van der Waals surface area (Å²) in [6.45, 7) is 0.363. The number of nitrogens with zero attached hydrogens (tertiary/aromatic N) is 1. The van der Waals surface area contributed by atoms with Gasteiger partial charge in [0.25, 0.3) is 0 Å². The number of H-pyrrole nitrogens is 1. The first-order chi connectivity index (χ1) is 7.15. The quantitative estimate of drug-likeness (QED) is 0.618. The number of nitrogens with two attached hydrogens (primary N) is 1. The van der Waals surface area contributed by atoms with Gasteiger partial charge in [-0.15, -0.1) is 0 Å². The van der Waals surface area contributed by atoms with Gasteiger partial charge < -0.3 is 15.8 Å². The van der Waals surface area contributed by atoms with Gasteiger partial charge in [-0.2, -0.15) is 5.10 Å². The van der Waals surface area contributed by atoms with E-state index in [1.807, 2.05) is 0 Å². The summed E-state index contributed by atoms with van der Waals surface area (Å²) in [5.41, 5.74) is 5.95. The molecule has 1 aromatic heterocycles. The molecule has 0 unspecified atom stereocenters. The van der Waals surface area contributed by atoms with Gasteiger partial charge in [0.2, 0.25) is 5.91 Å². The van der Waals surface area contributed by atoms with Crippen molar-refractivity contribution in [1.82, 2.24) is 10.2 Å². The normalized spacial score (nSPS) is 9.93. The zero-order valence-electron chi connectivity index (χ0n) is 8.24. The molecule has 1 aromatic rings. The van der Waals surface area contributed by atoms with Gasteiger partial charge in [-0.25, -0.2) is 0 Å². The summed E-state index contributed by atoms with van der Waals surface area (Å²) >= 11 is 4.79. The molecule has 0 fully saturated rings. The molecule has 0 bridgehead atoms. The molecular formula is C8H12N4O2S. The summed E-state index contributed by atoms with van der Waals surface area (Å²) in [4.78, 5) is 11.5. The van der Waals surface area contributed by atoms with Crippen LogP contribution in [0.2, 0.25) is 0 Å². The third-order valence-electron chi connectivity index (χ3n) is 1.70. The average molecular weight is 228 g/mol. The fourth-order valence-electron chi connectivity index (χ4n) is 0.965. The second kappa shape index (κ2) is 5.42. The molecule has 1 amide bonds. The number of anilines is 1. The predicted molar refractivity (Wildman–Crippen MR) is 59.6 cm³/mol. The van der Waals surface area contributed by atoms with Crippen LogP contribution in [0.4, 0.5) is 5.82 Å². The summed E-state index contributed by atoms with van der Waals surface area (Å²) in [6.07, 6.45) is 1.74. The van der Waals surface area contributed by atoms with Crippen molar-refractivity contribution in [2.24, 2.45) is 5.73 Å². The fourth-order valence-corrected chi connectivity index (χ4v) is 1.12. The lowest BCUT2D eigenvalue weighted by Gasteiger charge is -2.03. The van der Waals surface area contributed by atoms with Crippen LogP contribution in [0.5, 0.6) is 0 Å². The first kappa shape index (κ1) is 11.6. The largest absolute Gasteiger partial charge is 0.389 e. The second-order valence-corrected chi connectivity index (χ2v) is 3.25. The Bertz CT molecular complexity index is 363. The number of thiocarbonyl (C=S) groups is 1. The molecule has 0 aliphatic carbocycles. The molecule has 7 heteroatoms. The molecule has 0 radical (unpaired) electrons. The number of rotatable bonds is 5. The van der Waals surface area contributed by atoms with Crippen LogP contribution in [0.1, 0.15) is 12.0 Å². The molecule has 1 rings (SSSR count). The first-order valence-corrected chi connectivity index (χ1v) is 4.68. The summed E-state index contributed by atoms with van der Waals surface area (Å²) in [7, 11) is 1.53. The predicted octanol–water partition coefficient (Wildman–Crippen LogP) is 0.0189. The molecule has 0 saturated heterocycles. The van der Waals surface area contributed by atoms with Gasteiger partial charge in [-0.3, -0.25) is 9.89 Å². The number of methoxy groups -OCH3 is 1. The van der Waals surface area contributed by atoms with Crippen molar-refractivity contribution in [2.75, 3.05) is 19.0 Å². The number of aromatic nitrogens is 2. The topological polar surface area (TPSA) is 93.0 Å². The fraction of sp³-hybridized carbons (Fsp3) is 0.375. The van der Waals surface area contributed by atoms with E-state index in [1.54, 1.807) is 0 Å². The molecule has 4 N–H and O–H groups in total. The number of aromatic amines is 1. The van der Waals surface area contributed by atoms with Crippen LogP contribution >= 0.6 is 12.2 Å². The van der Waals surface area contributed by atoms with E-state index in [2.05, 4.69) is 15.5 Å². The molecular weight excluding hydrogens is 216 g/mol. The molecule has 6 nitrogen and oxygen atoms in total. The minimum atomic E-state index is -0.182. The SMILES string of the molecule is COCCC(=O)Nc1[nH]ncc1C(N)=S. The Morgan fingerprint density at radius 2 is 2.53 bits per heavy atom. The highest BCUT2D eigenvalue weighted by molar-refractivity contribution is 7.80. The van der Waals surface area contributed by atoms with Gasteiger partial charge in [0.05, 0.1) is 24.8 Å². The maximum Gasteiger partial charge on any atom is 0.227 e. The van der Waals surface area contributed by atoms with Gasteiger partial charge >= 0.3 is 0 Å². The summed E-state index contributed by atoms with van der Waals surface area (Å²) in [5, 5.41) is 8.94. The Morgan fingerprint density at radius 3 is 3.13 bits per heavy atom. The van der Waals surface area contributed by atoms with Crippen LogP contribution in [0.25, 0.3) is 0 Å². The Morgan fingerprint density at radius 1 is 1.80 bits per heavy atom. The highest BCUT2D eigenvalue weighted by Gasteiger charge is 2.10. The summed E-state index contributed by atoms with van der Waals surface area (Å²) in [6, 6.07) is 0. The van der Waals surface area contributed by atoms with Gasteiger partial charge in [0.1, 0.15) is 10.8 Å². The van der Waals surface area contributed by atoms with Crippen LogP contribution in [-0.4, -0.2) is 34.8 Å². The Balaban J connectivity index is 2.60. The molecule has 0 aliphatic heterocycles. The van der Waals surface area contributed by atoms with Gasteiger partial charge in [0, 0.05) is 7.11 Å². The Kier molecular flexibility index (Phi) is 4.19. The molecule has 1 heterocycles. The lowest BCUT2D eigenvalue weighted by atomic mass is 10.3. The van der Waals surface area contributed by atoms with E-state index in [0.717, 1.165) is 0 Å². The van der Waals surface area contributed by atoms with E-state index in [1.165, 1.54) is 13.3 Å². The van der Waals surface area contributed by atoms with Crippen molar-refractivity contribution < 1.29 is 9.53 Å². The number of amides is 1. The maximum atomic E-state index is 11.3. The van der Waals surface area contributed by atoms with Crippen molar-refractivity contribution >= 4 is 28.9 Å². The van der Waals surface area contributed by atoms with Gasteiger partial charge in [-0.05, 0) is 0 Å². The molecule has 0 aromatic carbocycles. The molecule has 0 atom stereocenters. The molecule has 0 aliphatic rings. The maximum absolute atomic E-state index is 11.3. The van der Waals surface area contributed by atoms with E-state index in [9.17, 15) is 4.79 Å². The standard InChI is InChI=1S/C8H12N4O2S/c1-14-3-2-6(13)11-8-5(7(9)15)4-10-12-8/h4H,2-3H2,1H3,(H2,9,15)(H2,10,11,12,13). The average Bonchev–Trinajstić information content (AvgIpc) is 2.62. The Labute approximate surface area is 92.2 Å². The third kappa shape index (κ3) is 3.30. The smallest absolute Gasteiger partial charge is 0.227 e. The van der Waals surface area contributed by atoms with Crippen LogP contribution in [0, 0.1) is 0 Å². The van der Waals surface area contributed by atoms with Crippen LogP contribution in [0.15, 0.2) is 6.20 Å². The second-order valence-electron chi connectivity index (χ2n) is 2.81. The summed E-state index contributed by atoms with van der Waals surface area (Å²) in [5.74, 6) is 0.238. The minimum absolute atomic E-state index is 0.182. The van der Waals surface area contributed by atoms with Crippen LogP contribution in [0.3, 0.4) is 0 Å². The monoisotopic (exact) mass is 228 g/mol. The van der Waals surface area contributed by atoms with Crippen molar-refractivity contribution in [3.8, 4) is 0 Å². The van der Waals surface area contributed by atoms with Crippen molar-refractivity contribution in [3.63, 3.8) is 0 Å². The summed E-state index contributed by atoms with van der Waals surface area (Å²) < 4.78 is 4.77. The van der Waals surface area contributed by atoms with E-state index in [4.69, 9.17) is 22.7 Å². The number of hydrogen-bond donors (Lipinski definition) is 3. The first-order valence-electron chi connectivity index (χ1n) is 4.27. The van der Waals surface area contributed by atoms with Gasteiger partial charge in [-0.1, -0.05) is 12.2 Å². The number of carbonyl (C=O) groups is 1.